The van der Waals surface area contributed by atoms with Gasteiger partial charge in [-0.3, -0.25) is 4.99 Å². The minimum Gasteiger partial charge on any atom is -0.493 e. The van der Waals surface area contributed by atoms with Crippen molar-refractivity contribution in [2.45, 2.75) is 19.9 Å². The molecule has 7 nitrogen and oxygen atoms in total. The highest BCUT2D eigenvalue weighted by Gasteiger charge is 2.14. The Kier molecular flexibility index (Phi) is 9.89. The number of methoxy groups -OCH3 is 2. The topological polar surface area (TPSA) is 79.9 Å². The van der Waals surface area contributed by atoms with Crippen LogP contribution in [0, 0.1) is 5.82 Å². The van der Waals surface area contributed by atoms with Crippen LogP contribution in [0.25, 0.3) is 10.9 Å². The minimum atomic E-state index is -0.236. The number of aromatic nitrogens is 1. The lowest BCUT2D eigenvalue weighted by atomic mass is 10.1. The maximum atomic E-state index is 13.6. The lowest BCUT2D eigenvalue weighted by molar-refractivity contribution is 0.288. The van der Waals surface area contributed by atoms with Crippen molar-refractivity contribution >= 4 is 40.8 Å². The monoisotopic (exact) mass is 556 g/mol. The molecular formula is C23H30FIN4O3. The van der Waals surface area contributed by atoms with Gasteiger partial charge in [0.05, 0.1) is 20.8 Å². The zero-order chi connectivity index (χ0) is 22.2. The third-order valence-electron chi connectivity index (χ3n) is 4.91. The molecule has 3 N–H and O–H groups in total. The Morgan fingerprint density at radius 3 is 2.44 bits per heavy atom. The molecule has 2 aromatic carbocycles. The summed E-state index contributed by atoms with van der Waals surface area (Å²) in [6, 6.07) is 8.59. The third-order valence-corrected chi connectivity index (χ3v) is 4.91. The molecule has 0 saturated carbocycles. The summed E-state index contributed by atoms with van der Waals surface area (Å²) in [5, 5.41) is 7.48. The summed E-state index contributed by atoms with van der Waals surface area (Å²) in [7, 11) is 4.92. The molecule has 1 aromatic heterocycles. The number of ether oxygens (including phenoxy) is 3. The van der Waals surface area contributed by atoms with Crippen LogP contribution in [0.15, 0.2) is 41.5 Å². The van der Waals surface area contributed by atoms with Gasteiger partial charge >= 0.3 is 0 Å². The number of nitrogens with zero attached hydrogens (tertiary/aromatic N) is 1. The lowest BCUT2D eigenvalue weighted by Crippen LogP contribution is -2.37. The fourth-order valence-corrected chi connectivity index (χ4v) is 3.40. The fraction of sp³-hybridized carbons (Fsp3) is 0.348. The Balaban J connectivity index is 0.00000363. The summed E-state index contributed by atoms with van der Waals surface area (Å²) in [5.41, 5.74) is 2.95. The maximum Gasteiger partial charge on any atom is 0.203 e. The van der Waals surface area contributed by atoms with Gasteiger partial charge in [-0.25, -0.2) is 4.39 Å². The second-order valence-electron chi connectivity index (χ2n) is 6.87. The Hall–Kier alpha value is -2.69. The second-order valence-corrected chi connectivity index (χ2v) is 6.87. The van der Waals surface area contributed by atoms with Crippen molar-refractivity contribution in [2.75, 3.05) is 34.4 Å². The van der Waals surface area contributed by atoms with Crippen molar-refractivity contribution in [1.82, 2.24) is 15.6 Å². The van der Waals surface area contributed by atoms with Crippen molar-refractivity contribution in [3.8, 4) is 17.2 Å². The van der Waals surface area contributed by atoms with Crippen LogP contribution in [-0.2, 0) is 13.0 Å². The van der Waals surface area contributed by atoms with Crippen LogP contribution in [-0.4, -0.2) is 45.4 Å². The summed E-state index contributed by atoms with van der Waals surface area (Å²) in [6.45, 7) is 3.61. The number of halogens is 2. The molecular weight excluding hydrogens is 526 g/mol. The van der Waals surface area contributed by atoms with E-state index in [4.69, 9.17) is 14.2 Å². The number of H-pyrrole nitrogens is 1. The first-order chi connectivity index (χ1) is 15.1. The molecule has 0 fully saturated rings. The molecule has 3 rings (SSSR count). The van der Waals surface area contributed by atoms with Crippen LogP contribution in [0.4, 0.5) is 4.39 Å². The zero-order valence-corrected chi connectivity index (χ0v) is 21.1. The highest BCUT2D eigenvalue weighted by atomic mass is 127. The normalized spacial score (nSPS) is 11.1. The molecule has 0 saturated heterocycles. The van der Waals surface area contributed by atoms with Crippen molar-refractivity contribution in [3.05, 3.63) is 53.5 Å². The van der Waals surface area contributed by atoms with Gasteiger partial charge in [0, 0.05) is 37.2 Å². The molecule has 0 spiro atoms. The summed E-state index contributed by atoms with van der Waals surface area (Å²) in [5.74, 6) is 2.26. The third kappa shape index (κ3) is 6.18. The summed E-state index contributed by atoms with van der Waals surface area (Å²) in [4.78, 5) is 7.44. The van der Waals surface area contributed by atoms with Gasteiger partial charge < -0.3 is 29.8 Å². The van der Waals surface area contributed by atoms with E-state index in [0.29, 0.717) is 42.9 Å². The van der Waals surface area contributed by atoms with Gasteiger partial charge in [-0.05, 0) is 54.8 Å². The van der Waals surface area contributed by atoms with E-state index in [1.807, 2.05) is 25.3 Å². The van der Waals surface area contributed by atoms with E-state index in [1.54, 1.807) is 33.4 Å². The number of nitrogens with one attached hydrogen (secondary N) is 3. The summed E-state index contributed by atoms with van der Waals surface area (Å²) < 4.78 is 30.1. The molecule has 3 aromatic rings. The van der Waals surface area contributed by atoms with E-state index in [1.165, 1.54) is 6.07 Å². The number of benzene rings is 2. The molecule has 9 heteroatoms. The van der Waals surface area contributed by atoms with Gasteiger partial charge in [0.25, 0.3) is 0 Å². The van der Waals surface area contributed by atoms with Gasteiger partial charge in [0.1, 0.15) is 5.82 Å². The Bertz CT molecular complexity index is 1030. The molecule has 0 unspecified atom stereocenters. The molecule has 0 atom stereocenters. The summed E-state index contributed by atoms with van der Waals surface area (Å²) in [6.07, 6.45) is 2.65. The largest absolute Gasteiger partial charge is 0.493 e. The molecule has 174 valence electrons. The lowest BCUT2D eigenvalue weighted by Gasteiger charge is -2.16. The first-order valence-corrected chi connectivity index (χ1v) is 10.2. The van der Waals surface area contributed by atoms with Crippen LogP contribution in [0.2, 0.25) is 0 Å². The van der Waals surface area contributed by atoms with Crippen molar-refractivity contribution < 1.29 is 18.6 Å². The van der Waals surface area contributed by atoms with Crippen molar-refractivity contribution in [2.24, 2.45) is 4.99 Å². The standard InChI is InChI=1S/C23H29FN4O3.HI/c1-5-31-22-20(29-3)10-15(11-21(22)30-4)13-28-23(25-2)26-9-8-16-14-27-19-7-6-17(24)12-18(16)19;/h6-7,10-12,14,27H,5,8-9,13H2,1-4H3,(H2,25,26,28);1H. The van der Waals surface area contributed by atoms with E-state index in [-0.39, 0.29) is 29.8 Å². The van der Waals surface area contributed by atoms with Gasteiger partial charge in [-0.15, -0.1) is 24.0 Å². The summed E-state index contributed by atoms with van der Waals surface area (Å²) >= 11 is 0. The quantitative estimate of drug-likeness (QED) is 0.209. The first-order valence-electron chi connectivity index (χ1n) is 10.2. The average molecular weight is 556 g/mol. The predicted molar refractivity (Wildman–Crippen MR) is 136 cm³/mol. The SMILES string of the molecule is CCOc1c(OC)cc(CNC(=NC)NCCc2c[nH]c3ccc(F)cc23)cc1OC.I. The number of aromatic amines is 1. The van der Waals surface area contributed by atoms with E-state index in [0.717, 1.165) is 28.5 Å². The predicted octanol–water partition coefficient (Wildman–Crippen LogP) is 4.25. The molecule has 0 aliphatic rings. The van der Waals surface area contributed by atoms with E-state index < -0.39 is 0 Å². The zero-order valence-electron chi connectivity index (χ0n) is 18.8. The molecule has 0 aliphatic carbocycles. The number of rotatable bonds is 9. The van der Waals surface area contributed by atoms with Gasteiger partial charge in [-0.1, -0.05) is 0 Å². The maximum absolute atomic E-state index is 13.6. The van der Waals surface area contributed by atoms with E-state index in [2.05, 4.69) is 20.6 Å². The van der Waals surface area contributed by atoms with Crippen LogP contribution in [0.5, 0.6) is 17.2 Å². The van der Waals surface area contributed by atoms with Crippen molar-refractivity contribution in [1.29, 1.82) is 0 Å². The Labute approximate surface area is 204 Å². The van der Waals surface area contributed by atoms with Crippen LogP contribution >= 0.6 is 24.0 Å². The van der Waals surface area contributed by atoms with Crippen molar-refractivity contribution in [3.63, 3.8) is 0 Å². The first kappa shape index (κ1) is 25.6. The Morgan fingerprint density at radius 1 is 1.09 bits per heavy atom. The Morgan fingerprint density at radius 2 is 1.81 bits per heavy atom. The molecule has 0 radical (unpaired) electrons. The molecule has 1 heterocycles. The van der Waals surface area contributed by atoms with Crippen LogP contribution in [0.3, 0.4) is 0 Å². The number of fused-ring (bicyclic) bond motifs is 1. The van der Waals surface area contributed by atoms with Gasteiger partial charge in [0.15, 0.2) is 17.5 Å². The number of hydrogen-bond donors (Lipinski definition) is 3. The fourth-order valence-electron chi connectivity index (χ4n) is 3.40. The second kappa shape index (κ2) is 12.4. The molecule has 0 bridgehead atoms. The highest BCUT2D eigenvalue weighted by molar-refractivity contribution is 14.0. The smallest absolute Gasteiger partial charge is 0.203 e. The van der Waals surface area contributed by atoms with Crippen LogP contribution in [0.1, 0.15) is 18.1 Å². The minimum absolute atomic E-state index is 0. The molecule has 0 amide bonds. The van der Waals surface area contributed by atoms with E-state index >= 15 is 0 Å². The molecule has 0 aliphatic heterocycles. The highest BCUT2D eigenvalue weighted by Crippen LogP contribution is 2.38. The average Bonchev–Trinajstić information content (AvgIpc) is 3.18. The van der Waals surface area contributed by atoms with Gasteiger partial charge in [-0.2, -0.15) is 0 Å². The van der Waals surface area contributed by atoms with E-state index in [9.17, 15) is 4.39 Å². The number of hydrogen-bond acceptors (Lipinski definition) is 4. The molecule has 32 heavy (non-hydrogen) atoms. The number of aliphatic imine (C=N–C) groups is 1. The van der Waals surface area contributed by atoms with Crippen LogP contribution < -0.4 is 24.8 Å². The van der Waals surface area contributed by atoms with Gasteiger partial charge in [0.2, 0.25) is 5.75 Å². The number of guanidine groups is 1.